The van der Waals surface area contributed by atoms with E-state index >= 15 is 0 Å². The van der Waals surface area contributed by atoms with Gasteiger partial charge in [0.15, 0.2) is 11.6 Å². The third kappa shape index (κ3) is 44.7. The van der Waals surface area contributed by atoms with Crippen molar-refractivity contribution in [2.24, 2.45) is 5.73 Å². The SMILES string of the molecule is CC(=O)CCCOCCOCC(=O)NCCCC[C@H](NCC(=O)[C@@H](N)Cc1cnc[nH]1)C(=O)CO.CCOCCOCCNC(=O)CC[C@H](NC(=O)CCCCCCCCCCCCCCCCC(=O)O)C(=O)O. The molecule has 22 nitrogen and oxygen atoms in total. The number of rotatable bonds is 51. The van der Waals surface area contributed by atoms with Gasteiger partial charge in [0.25, 0.3) is 0 Å². The third-order valence-corrected chi connectivity index (χ3v) is 11.6. The number of imidazole rings is 1. The summed E-state index contributed by atoms with van der Waals surface area (Å²) in [6.45, 7) is 6.49. The van der Waals surface area contributed by atoms with Crippen LogP contribution in [0.3, 0.4) is 0 Å². The average Bonchev–Trinajstić information content (AvgIpc) is 3.89. The van der Waals surface area contributed by atoms with Crippen molar-refractivity contribution < 1.29 is 72.6 Å². The highest BCUT2D eigenvalue weighted by Crippen LogP contribution is 2.14. The maximum Gasteiger partial charge on any atom is 0.326 e. The first kappa shape index (κ1) is 69.3. The van der Waals surface area contributed by atoms with E-state index < -0.39 is 42.5 Å². The molecule has 1 heterocycles. The van der Waals surface area contributed by atoms with Crippen LogP contribution in [-0.2, 0) is 63.7 Å². The number of nitrogens with one attached hydrogen (secondary N) is 5. The predicted molar refractivity (Wildman–Crippen MR) is 278 cm³/mol. The highest BCUT2D eigenvalue weighted by Gasteiger charge is 2.22. The van der Waals surface area contributed by atoms with Gasteiger partial charge in [0.2, 0.25) is 17.7 Å². The van der Waals surface area contributed by atoms with Crippen molar-refractivity contribution >= 4 is 47.0 Å². The van der Waals surface area contributed by atoms with Crippen LogP contribution < -0.4 is 27.0 Å². The first-order valence-electron chi connectivity index (χ1n) is 26.9. The molecule has 3 amide bonds. The van der Waals surface area contributed by atoms with Gasteiger partial charge in [0.05, 0.1) is 58.0 Å². The molecule has 3 atom stereocenters. The number of unbranched alkanes of at least 4 members (excludes halogenated alkanes) is 14. The molecule has 0 unspecified atom stereocenters. The number of amides is 3. The molecule has 426 valence electrons. The first-order valence-corrected chi connectivity index (χ1v) is 26.9. The summed E-state index contributed by atoms with van der Waals surface area (Å²) in [6, 6.07) is -2.47. The quantitative estimate of drug-likeness (QED) is 0.0418. The molecule has 1 aromatic heterocycles. The Morgan fingerprint density at radius 2 is 1.19 bits per heavy atom. The second-order valence-corrected chi connectivity index (χ2v) is 18.2. The van der Waals surface area contributed by atoms with E-state index in [1.807, 2.05) is 6.92 Å². The number of ketones is 3. The Balaban J connectivity index is 0.00000145. The molecule has 0 radical (unpaired) electrons. The fourth-order valence-corrected chi connectivity index (χ4v) is 7.35. The number of aliphatic hydroxyl groups is 1. The van der Waals surface area contributed by atoms with Crippen LogP contribution in [0.1, 0.15) is 167 Å². The molecule has 0 saturated carbocycles. The minimum Gasteiger partial charge on any atom is -0.481 e. The second kappa shape index (κ2) is 49.2. The number of nitrogens with zero attached hydrogens (tertiary/aromatic N) is 1. The maximum atomic E-state index is 12.3. The smallest absolute Gasteiger partial charge is 0.326 e. The zero-order valence-electron chi connectivity index (χ0n) is 44.6. The molecule has 0 fully saturated rings. The third-order valence-electron chi connectivity index (χ3n) is 11.6. The summed E-state index contributed by atoms with van der Waals surface area (Å²) >= 11 is 0. The Labute approximate surface area is 438 Å². The minimum atomic E-state index is -1.13. The van der Waals surface area contributed by atoms with Crippen LogP contribution in [0.2, 0.25) is 0 Å². The molecular formula is C52H93N7O15. The van der Waals surface area contributed by atoms with Gasteiger partial charge in [-0.3, -0.25) is 28.8 Å². The normalized spacial score (nSPS) is 12.2. The van der Waals surface area contributed by atoms with Crippen LogP contribution in [-0.4, -0.2) is 170 Å². The van der Waals surface area contributed by atoms with Gasteiger partial charge in [-0.05, 0) is 58.8 Å². The van der Waals surface area contributed by atoms with Crippen LogP contribution in [0.15, 0.2) is 12.5 Å². The molecule has 1 aromatic rings. The van der Waals surface area contributed by atoms with Crippen LogP contribution in [0.4, 0.5) is 0 Å². The Morgan fingerprint density at radius 3 is 1.76 bits per heavy atom. The number of aromatic nitrogens is 2. The lowest BCUT2D eigenvalue weighted by molar-refractivity contribution is -0.142. The van der Waals surface area contributed by atoms with Crippen molar-refractivity contribution in [3.63, 3.8) is 0 Å². The van der Waals surface area contributed by atoms with E-state index in [2.05, 4.69) is 31.2 Å². The highest BCUT2D eigenvalue weighted by atomic mass is 16.5. The highest BCUT2D eigenvalue weighted by molar-refractivity contribution is 5.88. The van der Waals surface area contributed by atoms with Gasteiger partial charge in [-0.2, -0.15) is 0 Å². The summed E-state index contributed by atoms with van der Waals surface area (Å²) in [5.41, 5.74) is 6.66. The van der Waals surface area contributed by atoms with Gasteiger partial charge in [-0.25, -0.2) is 9.78 Å². The van der Waals surface area contributed by atoms with E-state index in [4.69, 9.17) is 29.8 Å². The van der Waals surface area contributed by atoms with E-state index in [0.717, 1.165) is 50.6 Å². The lowest BCUT2D eigenvalue weighted by Gasteiger charge is -2.18. The number of ether oxygens (including phenoxy) is 4. The Morgan fingerprint density at radius 1 is 0.608 bits per heavy atom. The van der Waals surface area contributed by atoms with E-state index in [9.17, 15) is 48.6 Å². The number of nitrogens with two attached hydrogens (primary N) is 1. The predicted octanol–water partition coefficient (Wildman–Crippen LogP) is 3.89. The molecule has 0 aliphatic heterocycles. The van der Waals surface area contributed by atoms with Crippen molar-refractivity contribution in [3.8, 4) is 0 Å². The Bertz CT molecular complexity index is 1640. The number of carboxylic acid groups (broad SMARTS) is 2. The van der Waals surface area contributed by atoms with E-state index in [1.54, 1.807) is 6.20 Å². The van der Waals surface area contributed by atoms with Crippen LogP contribution in [0.5, 0.6) is 0 Å². The zero-order chi connectivity index (χ0) is 54.9. The molecule has 0 aliphatic carbocycles. The number of aliphatic hydroxyl groups excluding tert-OH is 1. The monoisotopic (exact) mass is 1060 g/mol. The second-order valence-electron chi connectivity index (χ2n) is 18.2. The van der Waals surface area contributed by atoms with Crippen molar-refractivity contribution in [2.75, 3.05) is 79.1 Å². The molecule has 0 spiro atoms. The van der Waals surface area contributed by atoms with Crippen LogP contribution in [0, 0.1) is 0 Å². The number of carbonyl (C=O) groups excluding carboxylic acids is 6. The summed E-state index contributed by atoms with van der Waals surface area (Å²) < 4.78 is 21.0. The fourth-order valence-electron chi connectivity index (χ4n) is 7.35. The standard InChI is InChI=1S/C29H54N2O8.C23H39N5O7/c1-2-38-23-24-39-22-21-30-26(32)20-19-25(29(36)37)31-27(33)17-15-13-11-9-7-5-3-4-6-8-10-12-14-16-18-28(34)35;1-17(30)5-4-8-34-9-10-35-15-23(33)26-7-3-2-6-20(22(32)14-29)27-13-21(31)19(24)11-18-12-25-16-28-18/h25H,2-24H2,1H3,(H,30,32)(H,31,33)(H,34,35)(H,36,37);12,16,19-20,27,29H,2-11,13-15,24H2,1H3,(H,25,28)(H,26,33)/t25-;19-,20-/m00/s1. The molecular weight excluding hydrogens is 963 g/mol. The van der Waals surface area contributed by atoms with Gasteiger partial charge >= 0.3 is 11.9 Å². The first-order chi connectivity index (χ1) is 35.7. The van der Waals surface area contributed by atoms with Crippen LogP contribution >= 0.6 is 0 Å². The number of Topliss-reactive ketones (excluding diaryl/α,β-unsaturated/α-hetero) is 3. The van der Waals surface area contributed by atoms with Gasteiger partial charge in [0, 0.05) is 70.3 Å². The van der Waals surface area contributed by atoms with Crippen molar-refractivity contribution in [1.82, 2.24) is 31.2 Å². The number of carboxylic acids is 2. The van der Waals surface area contributed by atoms with E-state index in [-0.39, 0.29) is 68.3 Å². The number of carbonyl (C=O) groups is 8. The van der Waals surface area contributed by atoms with E-state index in [0.29, 0.717) is 97.7 Å². The Hall–Kier alpha value is -4.71. The number of hydrogen-bond acceptors (Lipinski definition) is 16. The molecule has 0 bridgehead atoms. The molecule has 74 heavy (non-hydrogen) atoms. The summed E-state index contributed by atoms with van der Waals surface area (Å²) in [5, 5.41) is 38.0. The maximum absolute atomic E-state index is 12.3. The summed E-state index contributed by atoms with van der Waals surface area (Å²) in [7, 11) is 0. The summed E-state index contributed by atoms with van der Waals surface area (Å²) in [6.07, 6.45) is 22.3. The molecule has 10 N–H and O–H groups in total. The zero-order valence-corrected chi connectivity index (χ0v) is 44.6. The van der Waals surface area contributed by atoms with Crippen molar-refractivity contribution in [3.05, 3.63) is 18.2 Å². The minimum absolute atomic E-state index is 0.0186. The molecule has 0 aliphatic rings. The van der Waals surface area contributed by atoms with Crippen molar-refractivity contribution in [2.45, 2.75) is 186 Å². The topological polar surface area (TPSA) is 337 Å². The lowest BCUT2D eigenvalue weighted by Crippen LogP contribution is -2.45. The Kier molecular flexibility index (Phi) is 46.1. The fraction of sp³-hybridized carbons (Fsp3) is 0.788. The van der Waals surface area contributed by atoms with E-state index in [1.165, 1.54) is 58.2 Å². The summed E-state index contributed by atoms with van der Waals surface area (Å²) in [4.78, 5) is 99.6. The van der Waals surface area contributed by atoms with Crippen molar-refractivity contribution in [1.29, 1.82) is 0 Å². The molecule has 22 heteroatoms. The van der Waals surface area contributed by atoms with Gasteiger partial charge in [-0.15, -0.1) is 0 Å². The van der Waals surface area contributed by atoms with Crippen LogP contribution in [0.25, 0.3) is 0 Å². The molecule has 1 rings (SSSR count). The number of aliphatic carboxylic acids is 2. The average molecular weight is 1060 g/mol. The van der Waals surface area contributed by atoms with Gasteiger partial charge in [-0.1, -0.05) is 77.0 Å². The summed E-state index contributed by atoms with van der Waals surface area (Å²) in [5.74, 6) is -3.16. The number of H-pyrrole nitrogens is 1. The molecule has 0 aromatic carbocycles. The lowest BCUT2D eigenvalue weighted by atomic mass is 10.0. The van der Waals surface area contributed by atoms with Gasteiger partial charge < -0.3 is 71.0 Å². The van der Waals surface area contributed by atoms with Gasteiger partial charge in [0.1, 0.15) is 25.0 Å². The number of hydrogen-bond donors (Lipinski definition) is 9. The number of aromatic amines is 1. The molecule has 0 saturated heterocycles. The largest absolute Gasteiger partial charge is 0.481 e.